The first-order valence-corrected chi connectivity index (χ1v) is 8.78. The summed E-state index contributed by atoms with van der Waals surface area (Å²) < 4.78 is 5.73. The second-order valence-electron chi connectivity index (χ2n) is 5.99. The van der Waals surface area contributed by atoms with E-state index in [2.05, 4.69) is 6.92 Å². The Morgan fingerprint density at radius 3 is 2.42 bits per heavy atom. The van der Waals surface area contributed by atoms with Gasteiger partial charge in [0.1, 0.15) is 11.5 Å². The number of phenolic OH excluding ortho intramolecular Hbond substituents is 1. The number of aromatic hydroxyl groups is 1. The summed E-state index contributed by atoms with van der Waals surface area (Å²) in [4.78, 5) is 12.5. The minimum absolute atomic E-state index is 0.0178. The van der Waals surface area contributed by atoms with Gasteiger partial charge in [-0.1, -0.05) is 69.4 Å². The lowest BCUT2D eigenvalue weighted by Gasteiger charge is -2.09. The molecule has 128 valence electrons. The summed E-state index contributed by atoms with van der Waals surface area (Å²) in [5.74, 6) is 0.412. The van der Waals surface area contributed by atoms with E-state index in [1.165, 1.54) is 31.7 Å². The molecule has 0 amide bonds. The molecule has 0 bridgehead atoms. The third kappa shape index (κ3) is 5.41. The highest BCUT2D eigenvalue weighted by Crippen LogP contribution is 2.25. The van der Waals surface area contributed by atoms with E-state index in [0.29, 0.717) is 17.9 Å². The van der Waals surface area contributed by atoms with Crippen molar-refractivity contribution in [3.63, 3.8) is 0 Å². The van der Waals surface area contributed by atoms with Gasteiger partial charge in [-0.15, -0.1) is 0 Å². The Labute approximate surface area is 144 Å². The van der Waals surface area contributed by atoms with Crippen LogP contribution in [0.4, 0.5) is 0 Å². The number of hydrogen-bond acceptors (Lipinski definition) is 3. The molecule has 24 heavy (non-hydrogen) atoms. The van der Waals surface area contributed by atoms with Crippen molar-refractivity contribution in [3.05, 3.63) is 59.7 Å². The molecule has 0 heterocycles. The molecule has 0 aliphatic carbocycles. The fraction of sp³-hybridized carbons (Fsp3) is 0.381. The molecule has 0 radical (unpaired) electrons. The van der Waals surface area contributed by atoms with Crippen LogP contribution in [-0.2, 0) is 0 Å². The number of benzene rings is 2. The normalized spacial score (nSPS) is 10.5. The summed E-state index contributed by atoms with van der Waals surface area (Å²) >= 11 is 0. The molecule has 0 atom stereocenters. The standard InChI is InChI=1S/C21H26O3/c1-2-3-4-5-6-10-15-24-18-13-14-20(22)19(16-18)21(23)17-11-8-7-9-12-17/h7-9,11-14,16,22H,2-6,10,15H2,1H3. The Hall–Kier alpha value is -2.29. The number of rotatable bonds is 10. The summed E-state index contributed by atoms with van der Waals surface area (Å²) in [5, 5.41) is 9.98. The van der Waals surface area contributed by atoms with Gasteiger partial charge in [0, 0.05) is 5.56 Å². The van der Waals surface area contributed by atoms with Crippen molar-refractivity contribution >= 4 is 5.78 Å². The molecule has 0 aliphatic heterocycles. The van der Waals surface area contributed by atoms with E-state index >= 15 is 0 Å². The maximum Gasteiger partial charge on any atom is 0.196 e. The van der Waals surface area contributed by atoms with Crippen LogP contribution in [0, 0.1) is 0 Å². The van der Waals surface area contributed by atoms with Crippen LogP contribution in [0.1, 0.15) is 61.4 Å². The zero-order valence-corrected chi connectivity index (χ0v) is 14.3. The Morgan fingerprint density at radius 1 is 0.958 bits per heavy atom. The lowest BCUT2D eigenvalue weighted by Crippen LogP contribution is -2.03. The maximum absolute atomic E-state index is 12.5. The van der Waals surface area contributed by atoms with Gasteiger partial charge >= 0.3 is 0 Å². The van der Waals surface area contributed by atoms with Crippen LogP contribution in [0.15, 0.2) is 48.5 Å². The molecule has 0 spiro atoms. The number of hydrogen-bond donors (Lipinski definition) is 1. The summed E-state index contributed by atoms with van der Waals surface area (Å²) in [7, 11) is 0. The molecule has 0 unspecified atom stereocenters. The molecule has 2 aromatic rings. The largest absolute Gasteiger partial charge is 0.507 e. The predicted octanol–water partition coefficient (Wildman–Crippen LogP) is 5.36. The Bertz CT molecular complexity index is 635. The van der Waals surface area contributed by atoms with Crippen LogP contribution >= 0.6 is 0 Å². The second-order valence-corrected chi connectivity index (χ2v) is 5.99. The predicted molar refractivity (Wildman–Crippen MR) is 96.9 cm³/mol. The van der Waals surface area contributed by atoms with Gasteiger partial charge in [-0.2, -0.15) is 0 Å². The molecule has 2 aromatic carbocycles. The van der Waals surface area contributed by atoms with Gasteiger partial charge in [0.25, 0.3) is 0 Å². The van der Waals surface area contributed by atoms with Crippen molar-refractivity contribution in [2.75, 3.05) is 6.61 Å². The Morgan fingerprint density at radius 2 is 1.67 bits per heavy atom. The van der Waals surface area contributed by atoms with Gasteiger partial charge in [0.05, 0.1) is 12.2 Å². The van der Waals surface area contributed by atoms with Gasteiger partial charge in [-0.3, -0.25) is 4.79 Å². The van der Waals surface area contributed by atoms with Gasteiger partial charge in [-0.25, -0.2) is 0 Å². The number of carbonyl (C=O) groups is 1. The van der Waals surface area contributed by atoms with Gasteiger partial charge < -0.3 is 9.84 Å². The molecule has 0 aliphatic rings. The average molecular weight is 326 g/mol. The fourth-order valence-corrected chi connectivity index (χ4v) is 2.60. The highest BCUT2D eigenvalue weighted by atomic mass is 16.5. The zero-order valence-electron chi connectivity index (χ0n) is 14.3. The minimum atomic E-state index is -0.196. The topological polar surface area (TPSA) is 46.5 Å². The van der Waals surface area contributed by atoms with E-state index in [0.717, 1.165) is 12.8 Å². The first-order valence-electron chi connectivity index (χ1n) is 8.78. The smallest absolute Gasteiger partial charge is 0.196 e. The SMILES string of the molecule is CCCCCCCCOc1ccc(O)c(C(=O)c2ccccc2)c1. The number of phenols is 1. The third-order valence-electron chi connectivity index (χ3n) is 4.02. The van der Waals surface area contributed by atoms with E-state index in [1.54, 1.807) is 24.3 Å². The van der Waals surface area contributed by atoms with Crippen LogP contribution in [-0.4, -0.2) is 17.5 Å². The molecule has 3 heteroatoms. The van der Waals surface area contributed by atoms with E-state index < -0.39 is 0 Å². The first kappa shape index (κ1) is 18.1. The Balaban J connectivity index is 1.90. The highest BCUT2D eigenvalue weighted by molar-refractivity contribution is 6.10. The molecule has 3 nitrogen and oxygen atoms in total. The van der Waals surface area contributed by atoms with E-state index in [9.17, 15) is 9.90 Å². The van der Waals surface area contributed by atoms with Crippen LogP contribution in [0.25, 0.3) is 0 Å². The van der Waals surface area contributed by atoms with Crippen molar-refractivity contribution < 1.29 is 14.6 Å². The average Bonchev–Trinajstić information content (AvgIpc) is 2.62. The van der Waals surface area contributed by atoms with Gasteiger partial charge in [0.15, 0.2) is 5.78 Å². The van der Waals surface area contributed by atoms with Crippen molar-refractivity contribution in [3.8, 4) is 11.5 Å². The van der Waals surface area contributed by atoms with Gasteiger partial charge in [0.2, 0.25) is 0 Å². The molecule has 0 fully saturated rings. The lowest BCUT2D eigenvalue weighted by molar-refractivity contribution is 0.103. The quantitative estimate of drug-likeness (QED) is 0.472. The molecule has 1 N–H and O–H groups in total. The highest BCUT2D eigenvalue weighted by Gasteiger charge is 2.14. The Kier molecular flexibility index (Phi) is 7.34. The summed E-state index contributed by atoms with van der Waals surface area (Å²) in [6, 6.07) is 13.8. The van der Waals surface area contributed by atoms with Crippen molar-refractivity contribution in [1.82, 2.24) is 0 Å². The fourth-order valence-electron chi connectivity index (χ4n) is 2.60. The number of unbranched alkanes of at least 4 members (excludes halogenated alkanes) is 5. The number of ketones is 1. The third-order valence-corrected chi connectivity index (χ3v) is 4.02. The number of carbonyl (C=O) groups excluding carboxylic acids is 1. The summed E-state index contributed by atoms with van der Waals surface area (Å²) in [5.41, 5.74) is 0.836. The van der Waals surface area contributed by atoms with Crippen LogP contribution in [0.3, 0.4) is 0 Å². The van der Waals surface area contributed by atoms with Gasteiger partial charge in [-0.05, 0) is 24.6 Å². The molecule has 0 saturated heterocycles. The minimum Gasteiger partial charge on any atom is -0.507 e. The maximum atomic E-state index is 12.5. The molecule has 2 rings (SSSR count). The first-order chi connectivity index (χ1) is 11.7. The molecule has 0 saturated carbocycles. The molecular weight excluding hydrogens is 300 g/mol. The molecular formula is C21H26O3. The van der Waals surface area contributed by atoms with Crippen LogP contribution in [0.2, 0.25) is 0 Å². The summed E-state index contributed by atoms with van der Waals surface area (Å²) in [6.45, 7) is 2.85. The van der Waals surface area contributed by atoms with E-state index in [-0.39, 0.29) is 17.1 Å². The molecule has 0 aromatic heterocycles. The zero-order chi connectivity index (χ0) is 17.2. The van der Waals surface area contributed by atoms with Crippen molar-refractivity contribution in [1.29, 1.82) is 0 Å². The van der Waals surface area contributed by atoms with E-state index in [4.69, 9.17) is 4.74 Å². The van der Waals surface area contributed by atoms with Crippen LogP contribution < -0.4 is 4.74 Å². The van der Waals surface area contributed by atoms with Crippen LogP contribution in [0.5, 0.6) is 11.5 Å². The van der Waals surface area contributed by atoms with Crippen molar-refractivity contribution in [2.24, 2.45) is 0 Å². The number of ether oxygens (including phenoxy) is 1. The summed E-state index contributed by atoms with van der Waals surface area (Å²) in [6.07, 6.45) is 7.24. The second kappa shape index (κ2) is 9.76. The van der Waals surface area contributed by atoms with Crippen molar-refractivity contribution in [2.45, 2.75) is 45.4 Å². The lowest BCUT2D eigenvalue weighted by atomic mass is 10.0. The monoisotopic (exact) mass is 326 g/mol. The van der Waals surface area contributed by atoms with E-state index in [1.807, 2.05) is 18.2 Å².